The molecule has 0 aromatic heterocycles. The number of hydrogen-bond donors (Lipinski definition) is 1. The van der Waals surface area contributed by atoms with E-state index in [1.807, 2.05) is 19.0 Å². The van der Waals surface area contributed by atoms with Crippen molar-refractivity contribution in [3.8, 4) is 0 Å². The van der Waals surface area contributed by atoms with Crippen molar-refractivity contribution >= 4 is 23.2 Å². The lowest BCUT2D eigenvalue weighted by Crippen LogP contribution is -2.17. The van der Waals surface area contributed by atoms with Gasteiger partial charge in [0.2, 0.25) is 5.78 Å². The summed E-state index contributed by atoms with van der Waals surface area (Å²) in [7, 11) is 3.73. The molecule has 0 radical (unpaired) electrons. The molecule has 0 fully saturated rings. The zero-order valence-corrected chi connectivity index (χ0v) is 9.64. The molecule has 1 rings (SSSR count). The van der Waals surface area contributed by atoms with E-state index in [0.29, 0.717) is 5.56 Å². The average molecular weight is 235 g/mol. The van der Waals surface area contributed by atoms with Gasteiger partial charge in [0.05, 0.1) is 6.42 Å². The molecule has 0 unspecified atom stereocenters. The van der Waals surface area contributed by atoms with Gasteiger partial charge in [-0.1, -0.05) is 0 Å². The van der Waals surface area contributed by atoms with Crippen LogP contribution in [0.5, 0.6) is 0 Å². The number of benzene rings is 1. The van der Waals surface area contributed by atoms with Gasteiger partial charge in [0, 0.05) is 25.3 Å². The molecule has 0 amide bonds. The Morgan fingerprint density at radius 1 is 1.12 bits per heavy atom. The Labute approximate surface area is 98.7 Å². The minimum absolute atomic E-state index is 0.338. The first-order valence-corrected chi connectivity index (χ1v) is 4.98. The third kappa shape index (κ3) is 3.41. The second kappa shape index (κ2) is 5.25. The van der Waals surface area contributed by atoms with Gasteiger partial charge in [0.1, 0.15) is 0 Å². The second-order valence-electron chi connectivity index (χ2n) is 3.77. The van der Waals surface area contributed by atoms with Crippen LogP contribution in [0.4, 0.5) is 5.69 Å². The Bertz CT molecular complexity index is 448. The number of ketones is 2. The molecule has 0 saturated heterocycles. The van der Waals surface area contributed by atoms with Gasteiger partial charge in [-0.25, -0.2) is 4.79 Å². The summed E-state index contributed by atoms with van der Waals surface area (Å²) in [6.07, 6.45) is -0.601. The summed E-state index contributed by atoms with van der Waals surface area (Å²) in [4.78, 5) is 34.6. The minimum atomic E-state index is -1.58. The second-order valence-corrected chi connectivity index (χ2v) is 3.77. The molecule has 0 atom stereocenters. The highest BCUT2D eigenvalue weighted by molar-refractivity contribution is 6.37. The van der Waals surface area contributed by atoms with Crippen LogP contribution in [0.15, 0.2) is 24.3 Å². The fraction of sp³-hybridized carbons (Fsp3) is 0.250. The Morgan fingerprint density at radius 3 is 2.06 bits per heavy atom. The molecule has 0 spiro atoms. The first-order valence-electron chi connectivity index (χ1n) is 4.98. The third-order valence-corrected chi connectivity index (χ3v) is 2.27. The molecule has 0 saturated carbocycles. The highest BCUT2D eigenvalue weighted by atomic mass is 16.4. The number of rotatable bonds is 5. The van der Waals surface area contributed by atoms with E-state index in [0.717, 1.165) is 5.69 Å². The summed E-state index contributed by atoms with van der Waals surface area (Å²) >= 11 is 0. The molecule has 0 aliphatic rings. The number of carbonyl (C=O) groups excluding carboxylic acids is 2. The highest BCUT2D eigenvalue weighted by Gasteiger charge is 2.17. The highest BCUT2D eigenvalue weighted by Crippen LogP contribution is 2.13. The van der Waals surface area contributed by atoms with Crippen LogP contribution in [0.2, 0.25) is 0 Å². The van der Waals surface area contributed by atoms with Crippen molar-refractivity contribution in [1.82, 2.24) is 0 Å². The van der Waals surface area contributed by atoms with E-state index in [-0.39, 0.29) is 0 Å². The number of carboxylic acid groups (broad SMARTS) is 1. The van der Waals surface area contributed by atoms with Crippen LogP contribution in [0, 0.1) is 0 Å². The van der Waals surface area contributed by atoms with Crippen LogP contribution >= 0.6 is 0 Å². The third-order valence-electron chi connectivity index (χ3n) is 2.27. The van der Waals surface area contributed by atoms with Crippen LogP contribution in [-0.2, 0) is 9.59 Å². The summed E-state index contributed by atoms with van der Waals surface area (Å²) < 4.78 is 0. The van der Waals surface area contributed by atoms with Crippen molar-refractivity contribution in [2.45, 2.75) is 6.42 Å². The standard InChI is InChI=1S/C12H13NO4/c1-13(2)9-5-3-8(4-6-9)10(14)7-11(15)12(16)17/h3-6H,7H2,1-2H3,(H,16,17). The number of aliphatic carboxylic acids is 1. The number of Topliss-reactive ketones (excluding diaryl/α,β-unsaturated/α-hetero) is 2. The summed E-state index contributed by atoms with van der Waals surface area (Å²) in [6, 6.07) is 6.62. The number of carbonyl (C=O) groups is 3. The molecule has 0 bridgehead atoms. The Balaban J connectivity index is 2.77. The van der Waals surface area contributed by atoms with E-state index < -0.39 is 24.0 Å². The van der Waals surface area contributed by atoms with Gasteiger partial charge in [0.25, 0.3) is 0 Å². The van der Waals surface area contributed by atoms with Crippen LogP contribution in [0.1, 0.15) is 16.8 Å². The zero-order valence-electron chi connectivity index (χ0n) is 9.64. The Kier molecular flexibility index (Phi) is 3.98. The minimum Gasteiger partial charge on any atom is -0.475 e. The van der Waals surface area contributed by atoms with Crippen LogP contribution in [0.3, 0.4) is 0 Å². The van der Waals surface area contributed by atoms with Crippen molar-refractivity contribution in [3.05, 3.63) is 29.8 Å². The van der Waals surface area contributed by atoms with E-state index in [1.165, 1.54) is 0 Å². The van der Waals surface area contributed by atoms with Gasteiger partial charge in [-0.05, 0) is 24.3 Å². The summed E-state index contributed by atoms with van der Waals surface area (Å²) in [5, 5.41) is 8.39. The lowest BCUT2D eigenvalue weighted by atomic mass is 10.1. The molecular formula is C12H13NO4. The Morgan fingerprint density at radius 2 is 1.65 bits per heavy atom. The molecule has 0 heterocycles. The molecule has 5 heteroatoms. The summed E-state index contributed by atoms with van der Waals surface area (Å²) in [5.41, 5.74) is 1.26. The number of carboxylic acids is 1. The van der Waals surface area contributed by atoms with E-state index in [9.17, 15) is 14.4 Å². The zero-order chi connectivity index (χ0) is 13.0. The van der Waals surface area contributed by atoms with E-state index in [4.69, 9.17) is 5.11 Å². The van der Waals surface area contributed by atoms with Gasteiger partial charge < -0.3 is 10.0 Å². The van der Waals surface area contributed by atoms with E-state index >= 15 is 0 Å². The van der Waals surface area contributed by atoms with Crippen LogP contribution in [0.25, 0.3) is 0 Å². The fourth-order valence-electron chi connectivity index (χ4n) is 1.27. The quantitative estimate of drug-likeness (QED) is 0.467. The lowest BCUT2D eigenvalue weighted by molar-refractivity contribution is -0.148. The molecule has 0 aliphatic carbocycles. The number of anilines is 1. The van der Waals surface area contributed by atoms with E-state index in [2.05, 4.69) is 0 Å². The normalized spacial score (nSPS) is 9.76. The fourth-order valence-corrected chi connectivity index (χ4v) is 1.27. The molecule has 1 aromatic carbocycles. The van der Waals surface area contributed by atoms with Crippen LogP contribution < -0.4 is 4.90 Å². The van der Waals surface area contributed by atoms with Crippen molar-refractivity contribution in [2.75, 3.05) is 19.0 Å². The molecular weight excluding hydrogens is 222 g/mol. The number of hydrogen-bond acceptors (Lipinski definition) is 4. The lowest BCUT2D eigenvalue weighted by Gasteiger charge is -2.12. The average Bonchev–Trinajstić information content (AvgIpc) is 2.28. The molecule has 5 nitrogen and oxygen atoms in total. The maximum Gasteiger partial charge on any atom is 0.372 e. The monoisotopic (exact) mass is 235 g/mol. The Hall–Kier alpha value is -2.17. The van der Waals surface area contributed by atoms with Gasteiger partial charge >= 0.3 is 5.97 Å². The number of nitrogens with zero attached hydrogens (tertiary/aromatic N) is 1. The van der Waals surface area contributed by atoms with Gasteiger partial charge in [-0.3, -0.25) is 9.59 Å². The topological polar surface area (TPSA) is 74.7 Å². The maximum absolute atomic E-state index is 11.5. The predicted molar refractivity (Wildman–Crippen MR) is 62.4 cm³/mol. The molecule has 90 valence electrons. The van der Waals surface area contributed by atoms with Crippen LogP contribution in [-0.4, -0.2) is 36.7 Å². The van der Waals surface area contributed by atoms with Gasteiger partial charge in [-0.15, -0.1) is 0 Å². The molecule has 1 N–H and O–H groups in total. The van der Waals surface area contributed by atoms with Crippen molar-refractivity contribution < 1.29 is 19.5 Å². The first kappa shape index (κ1) is 12.9. The molecule has 1 aromatic rings. The van der Waals surface area contributed by atoms with Crippen molar-refractivity contribution in [3.63, 3.8) is 0 Å². The molecule has 17 heavy (non-hydrogen) atoms. The van der Waals surface area contributed by atoms with Gasteiger partial charge in [0.15, 0.2) is 5.78 Å². The molecule has 0 aliphatic heterocycles. The largest absolute Gasteiger partial charge is 0.475 e. The summed E-state index contributed by atoms with van der Waals surface area (Å²) in [6.45, 7) is 0. The SMILES string of the molecule is CN(C)c1ccc(C(=O)CC(=O)C(=O)O)cc1. The summed E-state index contributed by atoms with van der Waals surface area (Å²) in [5.74, 6) is -3.15. The van der Waals surface area contributed by atoms with Crippen molar-refractivity contribution in [2.24, 2.45) is 0 Å². The first-order chi connectivity index (χ1) is 7.91. The van der Waals surface area contributed by atoms with Gasteiger partial charge in [-0.2, -0.15) is 0 Å². The smallest absolute Gasteiger partial charge is 0.372 e. The predicted octanol–water partition coefficient (Wildman–Crippen LogP) is 0.979. The maximum atomic E-state index is 11.5. The van der Waals surface area contributed by atoms with E-state index in [1.54, 1.807) is 24.3 Å². The van der Waals surface area contributed by atoms with Crippen molar-refractivity contribution in [1.29, 1.82) is 0 Å².